The minimum absolute atomic E-state index is 0.0329. The molecule has 1 aliphatic heterocycles. The summed E-state index contributed by atoms with van der Waals surface area (Å²) in [6.45, 7) is 0.763. The Labute approximate surface area is 124 Å². The third-order valence-electron chi connectivity index (χ3n) is 5.17. The van der Waals surface area contributed by atoms with Gasteiger partial charge in [-0.1, -0.05) is 12.8 Å². The second-order valence-electron chi connectivity index (χ2n) is 6.44. The number of aliphatic hydroxyl groups excluding tert-OH is 1. The number of ether oxygens (including phenoxy) is 1. The van der Waals surface area contributed by atoms with Crippen molar-refractivity contribution in [1.29, 1.82) is 0 Å². The van der Waals surface area contributed by atoms with Crippen LogP contribution in [0.15, 0.2) is 24.8 Å². The quantitative estimate of drug-likeness (QED) is 0.922. The zero-order chi connectivity index (χ0) is 14.3. The van der Waals surface area contributed by atoms with Gasteiger partial charge in [-0.3, -0.25) is 4.98 Å². The Bertz CT molecular complexity index is 633. The summed E-state index contributed by atoms with van der Waals surface area (Å²) in [7, 11) is 0. The van der Waals surface area contributed by atoms with Gasteiger partial charge in [-0.25, -0.2) is 4.52 Å². The van der Waals surface area contributed by atoms with E-state index in [1.54, 1.807) is 23.1 Å². The van der Waals surface area contributed by atoms with E-state index in [9.17, 15) is 5.11 Å². The van der Waals surface area contributed by atoms with Crippen molar-refractivity contribution in [2.45, 2.75) is 50.2 Å². The number of hydrogen-bond acceptors (Lipinski definition) is 4. The summed E-state index contributed by atoms with van der Waals surface area (Å²) in [4.78, 5) is 4.15. The Morgan fingerprint density at radius 3 is 3.05 bits per heavy atom. The van der Waals surface area contributed by atoms with Crippen molar-refractivity contribution < 1.29 is 9.84 Å². The molecular formula is C16H21N3O2. The molecule has 2 unspecified atom stereocenters. The fourth-order valence-corrected chi connectivity index (χ4v) is 4.04. The summed E-state index contributed by atoms with van der Waals surface area (Å²) in [5, 5.41) is 15.1. The number of aromatic nitrogens is 3. The molecule has 5 nitrogen and oxygen atoms in total. The standard InChI is InChI=1S/C16H21N3O2/c20-15(13-10-18-19-7-6-17-11-14(13)19)12-3-8-21-16(9-12)4-1-2-5-16/h6-7,10-12,15,20H,1-5,8-9H2. The van der Waals surface area contributed by atoms with Gasteiger partial charge in [0.15, 0.2) is 0 Å². The molecule has 2 aromatic heterocycles. The van der Waals surface area contributed by atoms with Gasteiger partial charge in [-0.15, -0.1) is 0 Å². The molecule has 0 radical (unpaired) electrons. The summed E-state index contributed by atoms with van der Waals surface area (Å²) in [6, 6.07) is 0. The lowest BCUT2D eigenvalue weighted by Crippen LogP contribution is -2.39. The minimum atomic E-state index is -0.479. The second-order valence-corrected chi connectivity index (χ2v) is 6.44. The molecular weight excluding hydrogens is 266 g/mol. The number of nitrogens with zero attached hydrogens (tertiary/aromatic N) is 3. The molecule has 1 spiro atoms. The van der Waals surface area contributed by atoms with Gasteiger partial charge in [0.05, 0.1) is 29.6 Å². The van der Waals surface area contributed by atoms with Gasteiger partial charge >= 0.3 is 0 Å². The smallest absolute Gasteiger partial charge is 0.0903 e. The maximum absolute atomic E-state index is 10.8. The van der Waals surface area contributed by atoms with Gasteiger partial charge in [0.1, 0.15) is 0 Å². The van der Waals surface area contributed by atoms with Crippen molar-refractivity contribution in [3.05, 3.63) is 30.4 Å². The molecule has 2 aliphatic rings. The summed E-state index contributed by atoms with van der Waals surface area (Å²) < 4.78 is 7.84. The zero-order valence-electron chi connectivity index (χ0n) is 12.1. The van der Waals surface area contributed by atoms with Gasteiger partial charge in [0.2, 0.25) is 0 Å². The number of hydrogen-bond donors (Lipinski definition) is 1. The first-order valence-electron chi connectivity index (χ1n) is 7.87. The van der Waals surface area contributed by atoms with Crippen LogP contribution < -0.4 is 0 Å². The van der Waals surface area contributed by atoms with Crippen molar-refractivity contribution in [2.75, 3.05) is 6.61 Å². The first-order valence-corrected chi connectivity index (χ1v) is 7.87. The predicted molar refractivity (Wildman–Crippen MR) is 77.8 cm³/mol. The minimum Gasteiger partial charge on any atom is -0.388 e. The molecule has 112 valence electrons. The van der Waals surface area contributed by atoms with Gasteiger partial charge in [-0.05, 0) is 31.6 Å². The molecule has 1 aliphatic carbocycles. The summed E-state index contributed by atoms with van der Waals surface area (Å²) in [6.07, 6.45) is 13.3. The highest BCUT2D eigenvalue weighted by Crippen LogP contribution is 2.45. The Kier molecular flexibility index (Phi) is 3.19. The van der Waals surface area contributed by atoms with Crippen LogP contribution >= 0.6 is 0 Å². The molecule has 1 N–H and O–H groups in total. The molecule has 2 fully saturated rings. The molecule has 3 heterocycles. The van der Waals surface area contributed by atoms with Gasteiger partial charge in [0.25, 0.3) is 0 Å². The lowest BCUT2D eigenvalue weighted by atomic mass is 9.80. The highest BCUT2D eigenvalue weighted by atomic mass is 16.5. The Morgan fingerprint density at radius 2 is 2.19 bits per heavy atom. The molecule has 1 saturated heterocycles. The van der Waals surface area contributed by atoms with E-state index >= 15 is 0 Å². The lowest BCUT2D eigenvalue weighted by Gasteiger charge is -2.40. The third kappa shape index (κ3) is 2.24. The van der Waals surface area contributed by atoms with E-state index in [4.69, 9.17) is 4.74 Å². The van der Waals surface area contributed by atoms with E-state index in [1.165, 1.54) is 12.8 Å². The highest BCUT2D eigenvalue weighted by molar-refractivity contribution is 5.52. The molecule has 2 aromatic rings. The molecule has 0 bridgehead atoms. The van der Waals surface area contributed by atoms with Crippen molar-refractivity contribution in [2.24, 2.45) is 5.92 Å². The van der Waals surface area contributed by atoms with Crippen LogP contribution in [0.5, 0.6) is 0 Å². The van der Waals surface area contributed by atoms with Crippen LogP contribution in [0.1, 0.15) is 50.2 Å². The molecule has 21 heavy (non-hydrogen) atoms. The van der Waals surface area contributed by atoms with Crippen LogP contribution in [0.4, 0.5) is 0 Å². The van der Waals surface area contributed by atoms with E-state index in [0.717, 1.165) is 43.4 Å². The van der Waals surface area contributed by atoms with E-state index < -0.39 is 6.10 Å². The van der Waals surface area contributed by atoms with Crippen LogP contribution in [0.2, 0.25) is 0 Å². The van der Waals surface area contributed by atoms with Crippen molar-refractivity contribution in [3.8, 4) is 0 Å². The number of fused-ring (bicyclic) bond motifs is 1. The van der Waals surface area contributed by atoms with Crippen LogP contribution in [0, 0.1) is 5.92 Å². The van der Waals surface area contributed by atoms with E-state index in [2.05, 4.69) is 10.1 Å². The third-order valence-corrected chi connectivity index (χ3v) is 5.17. The fraction of sp³-hybridized carbons (Fsp3) is 0.625. The number of aliphatic hydroxyl groups is 1. The normalized spacial score (nSPS) is 26.4. The van der Waals surface area contributed by atoms with E-state index in [0.29, 0.717) is 0 Å². The molecule has 1 saturated carbocycles. The Balaban J connectivity index is 1.60. The fourth-order valence-electron chi connectivity index (χ4n) is 4.04. The summed E-state index contributed by atoms with van der Waals surface area (Å²) in [5.41, 5.74) is 1.82. The van der Waals surface area contributed by atoms with Gasteiger partial charge in [-0.2, -0.15) is 5.10 Å². The molecule has 5 heteroatoms. The van der Waals surface area contributed by atoms with Crippen molar-refractivity contribution >= 4 is 5.52 Å². The average Bonchev–Trinajstić information content (AvgIpc) is 3.14. The monoisotopic (exact) mass is 287 g/mol. The molecule has 0 amide bonds. The first-order chi connectivity index (χ1) is 10.3. The van der Waals surface area contributed by atoms with E-state index in [1.807, 2.05) is 6.20 Å². The second kappa shape index (κ2) is 5.07. The molecule has 2 atom stereocenters. The summed E-state index contributed by atoms with van der Waals surface area (Å²) in [5.74, 6) is 0.255. The predicted octanol–water partition coefficient (Wildman–Crippen LogP) is 2.50. The average molecular weight is 287 g/mol. The first kappa shape index (κ1) is 13.2. The van der Waals surface area contributed by atoms with Crippen LogP contribution in [-0.2, 0) is 4.74 Å². The number of rotatable bonds is 2. The lowest BCUT2D eigenvalue weighted by molar-refractivity contribution is -0.113. The van der Waals surface area contributed by atoms with Crippen molar-refractivity contribution in [3.63, 3.8) is 0 Å². The SMILES string of the molecule is OC(c1cnn2ccncc12)C1CCOC2(CCCC2)C1. The largest absolute Gasteiger partial charge is 0.388 e. The van der Waals surface area contributed by atoms with Crippen molar-refractivity contribution in [1.82, 2.24) is 14.6 Å². The zero-order valence-corrected chi connectivity index (χ0v) is 12.1. The molecule has 0 aromatic carbocycles. The molecule has 4 rings (SSSR count). The van der Waals surface area contributed by atoms with E-state index in [-0.39, 0.29) is 11.5 Å². The Morgan fingerprint density at radius 1 is 1.33 bits per heavy atom. The maximum atomic E-state index is 10.8. The Hall–Kier alpha value is -1.46. The maximum Gasteiger partial charge on any atom is 0.0903 e. The highest BCUT2D eigenvalue weighted by Gasteiger charge is 2.42. The topological polar surface area (TPSA) is 59.7 Å². The van der Waals surface area contributed by atoms with Gasteiger partial charge < -0.3 is 9.84 Å². The van der Waals surface area contributed by atoms with Crippen LogP contribution in [0.25, 0.3) is 5.52 Å². The van der Waals surface area contributed by atoms with Gasteiger partial charge in [0, 0.05) is 24.6 Å². The van der Waals surface area contributed by atoms with Crippen LogP contribution in [-0.4, -0.2) is 31.9 Å². The van der Waals surface area contributed by atoms with Crippen LogP contribution in [0.3, 0.4) is 0 Å². The summed E-state index contributed by atoms with van der Waals surface area (Å²) >= 11 is 0.